The molecule has 0 radical (unpaired) electrons. The van der Waals surface area contributed by atoms with E-state index in [1.165, 1.54) is 26.0 Å². The highest BCUT2D eigenvalue weighted by Gasteiger charge is 2.50. The molecule has 0 aromatic heterocycles. The summed E-state index contributed by atoms with van der Waals surface area (Å²) >= 11 is 7.57. The molecule has 2 fully saturated rings. The van der Waals surface area contributed by atoms with Crippen molar-refractivity contribution in [1.29, 1.82) is 0 Å². The number of amidine groups is 1. The molecule has 34 heavy (non-hydrogen) atoms. The van der Waals surface area contributed by atoms with Gasteiger partial charge in [-0.1, -0.05) is 23.4 Å². The topological polar surface area (TPSA) is 124 Å². The van der Waals surface area contributed by atoms with Gasteiger partial charge in [-0.25, -0.2) is 13.2 Å². The fourth-order valence-corrected chi connectivity index (χ4v) is 7.79. The minimum absolute atomic E-state index is 0.0154. The molecule has 0 spiro atoms. The van der Waals surface area contributed by atoms with E-state index in [0.717, 1.165) is 0 Å². The van der Waals surface area contributed by atoms with Crippen LogP contribution in [0.5, 0.6) is 11.5 Å². The van der Waals surface area contributed by atoms with Crippen LogP contribution in [0.3, 0.4) is 0 Å². The summed E-state index contributed by atoms with van der Waals surface area (Å²) in [6.07, 6.45) is -0.673. The molecule has 0 unspecified atom stereocenters. The molecule has 2 aliphatic heterocycles. The Labute approximate surface area is 208 Å². The zero-order valence-corrected chi connectivity index (χ0v) is 22.0. The van der Waals surface area contributed by atoms with Crippen LogP contribution in [0.2, 0.25) is 5.02 Å². The maximum Gasteiger partial charge on any atom is 0.407 e. The van der Waals surface area contributed by atoms with E-state index in [2.05, 4.69) is 10.3 Å². The molecule has 2 atom stereocenters. The van der Waals surface area contributed by atoms with Crippen molar-refractivity contribution in [2.75, 3.05) is 37.2 Å². The normalized spacial score (nSPS) is 22.4. The third kappa shape index (κ3) is 6.28. The van der Waals surface area contributed by atoms with Gasteiger partial charge < -0.3 is 24.4 Å². The lowest BCUT2D eigenvalue weighted by molar-refractivity contribution is -0.117. The second-order valence-electron chi connectivity index (χ2n) is 8.80. The minimum atomic E-state index is -3.24. The molecule has 2 aliphatic rings. The van der Waals surface area contributed by atoms with Gasteiger partial charge in [0.2, 0.25) is 5.91 Å². The zero-order valence-electron chi connectivity index (χ0n) is 19.6. The maximum absolute atomic E-state index is 12.6. The number of anilines is 1. The van der Waals surface area contributed by atoms with Gasteiger partial charge in [0.05, 0.1) is 42.5 Å². The number of carbonyl (C=O) groups excluding carboxylic acids is 2. The predicted octanol–water partition coefficient (Wildman–Crippen LogP) is 2.87. The average Bonchev–Trinajstić information content (AvgIpc) is 3.16. The second kappa shape index (κ2) is 10.2. The molecule has 10 nitrogen and oxygen atoms in total. The van der Waals surface area contributed by atoms with Gasteiger partial charge in [0.1, 0.15) is 17.1 Å². The molecule has 0 aliphatic carbocycles. The minimum Gasteiger partial charge on any atom is -0.495 e. The number of ether oxygens (including phenoxy) is 3. The Kier molecular flexibility index (Phi) is 7.93. The highest BCUT2D eigenvalue weighted by Crippen LogP contribution is 2.46. The summed E-state index contributed by atoms with van der Waals surface area (Å²) in [7, 11) is -0.292. The second-order valence-corrected chi connectivity index (χ2v) is 12.6. The average molecular weight is 534 g/mol. The van der Waals surface area contributed by atoms with Crippen LogP contribution in [0.15, 0.2) is 17.1 Å². The first-order valence-corrected chi connectivity index (χ1v) is 13.6. The van der Waals surface area contributed by atoms with Crippen molar-refractivity contribution >= 4 is 56.1 Å². The van der Waals surface area contributed by atoms with Gasteiger partial charge in [-0.15, -0.1) is 0 Å². The van der Waals surface area contributed by atoms with Crippen LogP contribution in [-0.4, -0.2) is 74.7 Å². The van der Waals surface area contributed by atoms with Gasteiger partial charge >= 0.3 is 6.09 Å². The Morgan fingerprint density at radius 2 is 1.88 bits per heavy atom. The Hall–Kier alpha value is -2.18. The van der Waals surface area contributed by atoms with E-state index in [9.17, 15) is 18.0 Å². The van der Waals surface area contributed by atoms with Crippen molar-refractivity contribution in [1.82, 2.24) is 5.32 Å². The highest BCUT2D eigenvalue weighted by atomic mass is 35.5. The number of sulfone groups is 1. The number of aliphatic imine (C=N–C) groups is 1. The molecule has 1 aromatic rings. The predicted molar refractivity (Wildman–Crippen MR) is 132 cm³/mol. The summed E-state index contributed by atoms with van der Waals surface area (Å²) in [5.41, 5.74) is -0.157. The zero-order chi connectivity index (χ0) is 25.3. The number of hydrogen-bond donors (Lipinski definition) is 1. The standard InChI is InChI=1S/C21H28ClN3O7S2/c1-21(2,3)32-20(27)23-7-6-18(26)24-19-25(14-10-34(28,29)11-17(14)33-19)13-8-12(22)15(30-4)9-16(13)31-5/h8-9,14,17H,6-7,10-11H2,1-5H3,(H,23,27)/t14-,17-/m0/s1. The van der Waals surface area contributed by atoms with Crippen molar-refractivity contribution in [3.8, 4) is 11.5 Å². The van der Waals surface area contributed by atoms with Crippen LogP contribution in [0.4, 0.5) is 10.5 Å². The molecule has 2 saturated heterocycles. The molecule has 2 heterocycles. The lowest BCUT2D eigenvalue weighted by Crippen LogP contribution is -2.38. The van der Waals surface area contributed by atoms with Crippen molar-refractivity contribution < 1.29 is 32.2 Å². The molecule has 188 valence electrons. The van der Waals surface area contributed by atoms with Crippen molar-refractivity contribution in [2.24, 2.45) is 4.99 Å². The summed E-state index contributed by atoms with van der Waals surface area (Å²) in [6.45, 7) is 5.28. The SMILES string of the molecule is COc1cc(OC)c(N2C(=NC(=O)CCNC(=O)OC(C)(C)C)S[C@H]3CS(=O)(=O)C[C@@H]32)cc1Cl. The number of amides is 2. The maximum atomic E-state index is 12.6. The Morgan fingerprint density at radius 1 is 1.21 bits per heavy atom. The highest BCUT2D eigenvalue weighted by molar-refractivity contribution is 8.16. The van der Waals surface area contributed by atoms with E-state index in [4.69, 9.17) is 25.8 Å². The first kappa shape index (κ1) is 26.4. The Morgan fingerprint density at radius 3 is 2.50 bits per heavy atom. The quantitative estimate of drug-likeness (QED) is 0.587. The molecule has 1 N–H and O–H groups in total. The summed E-state index contributed by atoms with van der Waals surface area (Å²) in [4.78, 5) is 30.3. The smallest absolute Gasteiger partial charge is 0.407 e. The molecule has 2 amide bonds. The first-order chi connectivity index (χ1) is 15.8. The fraction of sp³-hybridized carbons (Fsp3) is 0.571. The van der Waals surface area contributed by atoms with E-state index in [-0.39, 0.29) is 29.7 Å². The monoisotopic (exact) mass is 533 g/mol. The molecule has 1 aromatic carbocycles. The number of thioether (sulfide) groups is 1. The number of nitrogens with zero attached hydrogens (tertiary/aromatic N) is 2. The largest absolute Gasteiger partial charge is 0.495 e. The van der Waals surface area contributed by atoms with Crippen molar-refractivity contribution in [3.63, 3.8) is 0 Å². The lowest BCUT2D eigenvalue weighted by Gasteiger charge is -2.27. The first-order valence-electron chi connectivity index (χ1n) is 10.5. The molecular formula is C21H28ClN3O7S2. The summed E-state index contributed by atoms with van der Waals surface area (Å²) in [5.74, 6) is 0.236. The van der Waals surface area contributed by atoms with Gasteiger partial charge in [0.25, 0.3) is 0 Å². The lowest BCUT2D eigenvalue weighted by atomic mass is 10.2. The molecule has 13 heteroatoms. The fourth-order valence-electron chi connectivity index (χ4n) is 3.63. The number of hydrogen-bond acceptors (Lipinski definition) is 8. The Balaban J connectivity index is 1.84. The Bertz CT molecular complexity index is 1100. The molecule has 3 rings (SSSR count). The summed E-state index contributed by atoms with van der Waals surface area (Å²) in [6, 6.07) is 2.78. The number of benzene rings is 1. The molecule has 0 bridgehead atoms. The number of alkyl carbamates (subject to hydrolysis) is 1. The third-order valence-electron chi connectivity index (χ3n) is 5.01. The van der Waals surface area contributed by atoms with Gasteiger partial charge in [0.15, 0.2) is 15.0 Å². The number of halogens is 1. The number of nitrogens with one attached hydrogen (secondary N) is 1. The van der Waals surface area contributed by atoms with Crippen molar-refractivity contribution in [3.05, 3.63) is 17.2 Å². The number of carbonyl (C=O) groups is 2. The van der Waals surface area contributed by atoms with E-state index < -0.39 is 33.5 Å². The van der Waals surface area contributed by atoms with Crippen LogP contribution < -0.4 is 19.7 Å². The van der Waals surface area contributed by atoms with Crippen molar-refractivity contribution in [2.45, 2.75) is 44.1 Å². The molecular weight excluding hydrogens is 506 g/mol. The van der Waals surface area contributed by atoms with E-state index in [0.29, 0.717) is 27.4 Å². The number of methoxy groups -OCH3 is 2. The number of rotatable bonds is 6. The van der Waals surface area contributed by atoms with E-state index >= 15 is 0 Å². The van der Waals surface area contributed by atoms with Crippen LogP contribution >= 0.6 is 23.4 Å². The van der Waals surface area contributed by atoms with Gasteiger partial charge in [0, 0.05) is 24.3 Å². The van der Waals surface area contributed by atoms with Gasteiger partial charge in [-0.2, -0.15) is 4.99 Å². The van der Waals surface area contributed by atoms with Crippen LogP contribution in [0, 0.1) is 0 Å². The summed E-state index contributed by atoms with van der Waals surface area (Å²) < 4.78 is 40.5. The van der Waals surface area contributed by atoms with Gasteiger partial charge in [-0.05, 0) is 26.8 Å². The molecule has 0 saturated carbocycles. The number of fused-ring (bicyclic) bond motifs is 1. The third-order valence-corrected chi connectivity index (χ3v) is 8.51. The van der Waals surface area contributed by atoms with Crippen LogP contribution in [0.1, 0.15) is 27.2 Å². The van der Waals surface area contributed by atoms with E-state index in [1.54, 1.807) is 37.8 Å². The summed E-state index contributed by atoms with van der Waals surface area (Å²) in [5, 5.41) is 2.89. The van der Waals surface area contributed by atoms with Gasteiger partial charge in [-0.3, -0.25) is 4.79 Å². The van der Waals surface area contributed by atoms with Crippen LogP contribution in [-0.2, 0) is 19.4 Å². The van der Waals surface area contributed by atoms with Crippen LogP contribution in [0.25, 0.3) is 0 Å². The van der Waals surface area contributed by atoms with E-state index in [1.807, 2.05) is 0 Å².